The lowest BCUT2D eigenvalue weighted by Gasteiger charge is -2.17. The quantitative estimate of drug-likeness (QED) is 0.572. The van der Waals surface area contributed by atoms with Gasteiger partial charge in [0.25, 0.3) is 0 Å². The first kappa shape index (κ1) is 16.7. The number of rotatable bonds is 8. The molecule has 0 unspecified atom stereocenters. The SMILES string of the molecule is NCCCC[C@H](N)c1ccc(OC(F)(F)C(F)F)cc1. The number of ether oxygens (including phenoxy) is 1. The molecule has 20 heavy (non-hydrogen) atoms. The molecule has 0 heterocycles. The minimum absolute atomic E-state index is 0.244. The van der Waals surface area contributed by atoms with Gasteiger partial charge < -0.3 is 16.2 Å². The summed E-state index contributed by atoms with van der Waals surface area (Å²) in [5.74, 6) is -0.326. The number of unbranched alkanes of at least 4 members (excludes halogenated alkanes) is 1. The fourth-order valence-electron chi connectivity index (χ4n) is 1.66. The summed E-state index contributed by atoms with van der Waals surface area (Å²) in [5.41, 5.74) is 12.0. The van der Waals surface area contributed by atoms with Gasteiger partial charge in [0.15, 0.2) is 0 Å². The smallest absolute Gasteiger partial charge is 0.428 e. The van der Waals surface area contributed by atoms with Gasteiger partial charge in [0.2, 0.25) is 0 Å². The Kier molecular flexibility index (Phi) is 6.22. The first-order valence-corrected chi connectivity index (χ1v) is 6.27. The predicted octanol–water partition coefficient (Wildman–Crippen LogP) is 3.05. The van der Waals surface area contributed by atoms with E-state index in [0.29, 0.717) is 13.0 Å². The standard InChI is InChI=1S/C13H18F4N2O/c14-12(15)13(16,17)20-10-6-4-9(5-7-10)11(19)3-1-2-8-18/h4-7,11-12H,1-3,8,18-19H2/t11-/m0/s1. The van der Waals surface area contributed by atoms with Crippen molar-refractivity contribution in [1.29, 1.82) is 0 Å². The molecule has 0 saturated heterocycles. The zero-order valence-corrected chi connectivity index (χ0v) is 10.9. The molecule has 1 aromatic rings. The van der Waals surface area contributed by atoms with Crippen LogP contribution in [0.1, 0.15) is 30.9 Å². The van der Waals surface area contributed by atoms with Crippen LogP contribution in [-0.4, -0.2) is 19.1 Å². The number of hydrogen-bond acceptors (Lipinski definition) is 3. The van der Waals surface area contributed by atoms with Crippen molar-refractivity contribution in [3.8, 4) is 5.75 Å². The van der Waals surface area contributed by atoms with Crippen LogP contribution in [0.4, 0.5) is 17.6 Å². The second kappa shape index (κ2) is 7.44. The Bertz CT molecular complexity index is 398. The van der Waals surface area contributed by atoms with Gasteiger partial charge in [0, 0.05) is 6.04 Å². The highest BCUT2D eigenvalue weighted by atomic mass is 19.3. The molecule has 3 nitrogen and oxygen atoms in total. The molecule has 0 aliphatic carbocycles. The Hall–Kier alpha value is -1.34. The summed E-state index contributed by atoms with van der Waals surface area (Å²) >= 11 is 0. The molecule has 0 amide bonds. The number of hydrogen-bond donors (Lipinski definition) is 2. The zero-order valence-electron chi connectivity index (χ0n) is 10.9. The molecule has 0 aliphatic rings. The van der Waals surface area contributed by atoms with Crippen LogP contribution in [-0.2, 0) is 0 Å². The van der Waals surface area contributed by atoms with Gasteiger partial charge in [-0.2, -0.15) is 17.6 Å². The predicted molar refractivity (Wildman–Crippen MR) is 67.9 cm³/mol. The maximum Gasteiger partial charge on any atom is 0.461 e. The third-order valence-corrected chi connectivity index (χ3v) is 2.79. The molecule has 1 rings (SSSR count). The number of nitrogens with two attached hydrogens (primary N) is 2. The van der Waals surface area contributed by atoms with Gasteiger partial charge in [-0.05, 0) is 37.1 Å². The van der Waals surface area contributed by atoms with Crippen molar-refractivity contribution in [2.24, 2.45) is 11.5 Å². The van der Waals surface area contributed by atoms with E-state index in [1.165, 1.54) is 24.3 Å². The van der Waals surface area contributed by atoms with Gasteiger partial charge in [-0.1, -0.05) is 18.6 Å². The summed E-state index contributed by atoms with van der Waals surface area (Å²) in [6, 6.07) is 5.14. The summed E-state index contributed by atoms with van der Waals surface area (Å²) < 4.78 is 53.3. The minimum atomic E-state index is -4.50. The van der Waals surface area contributed by atoms with Gasteiger partial charge in [0.1, 0.15) is 5.75 Å². The monoisotopic (exact) mass is 294 g/mol. The Labute approximate surface area is 114 Å². The third kappa shape index (κ3) is 4.97. The molecule has 0 saturated carbocycles. The Morgan fingerprint density at radius 3 is 2.20 bits per heavy atom. The van der Waals surface area contributed by atoms with Gasteiger partial charge in [0.05, 0.1) is 0 Å². The molecule has 0 bridgehead atoms. The van der Waals surface area contributed by atoms with Crippen LogP contribution in [0, 0.1) is 0 Å². The van der Waals surface area contributed by atoms with Crippen LogP contribution in [0.5, 0.6) is 5.75 Å². The van der Waals surface area contributed by atoms with E-state index in [9.17, 15) is 17.6 Å². The van der Waals surface area contributed by atoms with Crippen LogP contribution in [0.3, 0.4) is 0 Å². The summed E-state index contributed by atoms with van der Waals surface area (Å²) in [5, 5.41) is 0. The van der Waals surface area contributed by atoms with Crippen LogP contribution in [0.2, 0.25) is 0 Å². The zero-order chi connectivity index (χ0) is 15.2. The molecular weight excluding hydrogens is 276 g/mol. The summed E-state index contributed by atoms with van der Waals surface area (Å²) in [6.07, 6.45) is -5.94. The Morgan fingerprint density at radius 2 is 1.70 bits per heavy atom. The van der Waals surface area contributed by atoms with Crippen molar-refractivity contribution in [2.75, 3.05) is 6.54 Å². The van der Waals surface area contributed by atoms with Crippen molar-refractivity contribution in [3.05, 3.63) is 29.8 Å². The minimum Gasteiger partial charge on any atom is -0.428 e. The van der Waals surface area contributed by atoms with Crippen LogP contribution >= 0.6 is 0 Å². The molecule has 1 atom stereocenters. The topological polar surface area (TPSA) is 61.3 Å². The first-order chi connectivity index (χ1) is 9.36. The van der Waals surface area contributed by atoms with Crippen molar-refractivity contribution in [1.82, 2.24) is 0 Å². The first-order valence-electron chi connectivity index (χ1n) is 6.27. The number of benzene rings is 1. The molecule has 114 valence electrons. The fraction of sp³-hybridized carbons (Fsp3) is 0.538. The second-order valence-corrected chi connectivity index (χ2v) is 4.42. The maximum absolute atomic E-state index is 12.7. The van der Waals surface area contributed by atoms with Crippen molar-refractivity contribution in [3.63, 3.8) is 0 Å². The van der Waals surface area contributed by atoms with Crippen LogP contribution < -0.4 is 16.2 Å². The summed E-state index contributed by atoms with van der Waals surface area (Å²) in [4.78, 5) is 0. The normalized spacial score (nSPS) is 13.6. The highest BCUT2D eigenvalue weighted by Gasteiger charge is 2.43. The van der Waals surface area contributed by atoms with Gasteiger partial charge in [-0.3, -0.25) is 0 Å². The molecule has 7 heteroatoms. The third-order valence-electron chi connectivity index (χ3n) is 2.79. The van der Waals surface area contributed by atoms with E-state index in [1.807, 2.05) is 0 Å². The molecule has 0 spiro atoms. The largest absolute Gasteiger partial charge is 0.461 e. The van der Waals surface area contributed by atoms with E-state index in [1.54, 1.807) is 0 Å². The lowest BCUT2D eigenvalue weighted by atomic mass is 10.0. The highest BCUT2D eigenvalue weighted by Crippen LogP contribution is 2.28. The Morgan fingerprint density at radius 1 is 1.10 bits per heavy atom. The van der Waals surface area contributed by atoms with E-state index in [-0.39, 0.29) is 11.8 Å². The molecule has 4 N–H and O–H groups in total. The number of halogens is 4. The van der Waals surface area contributed by atoms with E-state index in [0.717, 1.165) is 18.4 Å². The second-order valence-electron chi connectivity index (χ2n) is 4.42. The van der Waals surface area contributed by atoms with Gasteiger partial charge in [-0.25, -0.2) is 0 Å². The van der Waals surface area contributed by atoms with E-state index >= 15 is 0 Å². The summed E-state index contributed by atoms with van der Waals surface area (Å²) in [6.45, 7) is 0.586. The Balaban J connectivity index is 2.60. The lowest BCUT2D eigenvalue weighted by molar-refractivity contribution is -0.253. The van der Waals surface area contributed by atoms with E-state index in [2.05, 4.69) is 4.74 Å². The van der Waals surface area contributed by atoms with Crippen molar-refractivity contribution in [2.45, 2.75) is 37.8 Å². The molecular formula is C13H18F4N2O. The highest BCUT2D eigenvalue weighted by molar-refractivity contribution is 5.29. The van der Waals surface area contributed by atoms with Gasteiger partial charge >= 0.3 is 12.5 Å². The summed E-state index contributed by atoms with van der Waals surface area (Å²) in [7, 11) is 0. The molecule has 1 aromatic carbocycles. The van der Waals surface area contributed by atoms with Crippen LogP contribution in [0.15, 0.2) is 24.3 Å². The average Bonchev–Trinajstić information content (AvgIpc) is 2.39. The number of alkyl halides is 4. The lowest BCUT2D eigenvalue weighted by Crippen LogP contribution is -2.33. The molecule has 0 fully saturated rings. The van der Waals surface area contributed by atoms with Crippen LogP contribution in [0.25, 0.3) is 0 Å². The fourth-order valence-corrected chi connectivity index (χ4v) is 1.66. The molecule has 0 radical (unpaired) electrons. The van der Waals surface area contributed by atoms with Crippen molar-refractivity contribution < 1.29 is 22.3 Å². The molecule has 0 aliphatic heterocycles. The van der Waals surface area contributed by atoms with E-state index < -0.39 is 12.5 Å². The van der Waals surface area contributed by atoms with Gasteiger partial charge in [-0.15, -0.1) is 0 Å². The molecule has 0 aromatic heterocycles. The average molecular weight is 294 g/mol. The van der Waals surface area contributed by atoms with E-state index in [4.69, 9.17) is 11.5 Å². The van der Waals surface area contributed by atoms with Crippen molar-refractivity contribution >= 4 is 0 Å². The maximum atomic E-state index is 12.7.